The number of carbonyl (C=O) groups is 1. The van der Waals surface area contributed by atoms with E-state index in [1.807, 2.05) is 32.6 Å². The zero-order valence-corrected chi connectivity index (χ0v) is 10.6. The molecule has 1 aliphatic heterocycles. The molecule has 0 saturated carbocycles. The molecule has 1 aliphatic rings. The molecule has 0 aromatic rings. The van der Waals surface area contributed by atoms with Crippen LogP contribution in [0.3, 0.4) is 0 Å². The van der Waals surface area contributed by atoms with Gasteiger partial charge in [0.05, 0.1) is 12.6 Å². The number of carbonyl (C=O) groups excluding carboxylic acids is 1. The molecule has 1 rings (SSSR count). The van der Waals surface area contributed by atoms with Gasteiger partial charge >= 0.3 is 0 Å². The van der Waals surface area contributed by atoms with Crippen molar-refractivity contribution < 1.29 is 15.0 Å². The van der Waals surface area contributed by atoms with Gasteiger partial charge in [0.1, 0.15) is 5.60 Å². The monoisotopic (exact) mass is 229 g/mol. The number of aliphatic hydroxyl groups is 2. The van der Waals surface area contributed by atoms with Crippen molar-refractivity contribution in [1.29, 1.82) is 0 Å². The Hall–Kier alpha value is -0.450. The fourth-order valence-electron chi connectivity index (χ4n) is 2.30. The molecule has 0 spiro atoms. The van der Waals surface area contributed by atoms with Gasteiger partial charge in [-0.2, -0.15) is 0 Å². The van der Waals surface area contributed by atoms with Crippen molar-refractivity contribution in [2.75, 3.05) is 13.2 Å². The number of nitrogens with zero attached hydrogens (tertiary/aromatic N) is 1. The van der Waals surface area contributed by atoms with Crippen LogP contribution in [0.1, 0.15) is 34.1 Å². The molecule has 94 valence electrons. The third kappa shape index (κ3) is 2.62. The third-order valence-electron chi connectivity index (χ3n) is 3.31. The van der Waals surface area contributed by atoms with E-state index in [1.165, 1.54) is 0 Å². The van der Waals surface area contributed by atoms with Crippen LogP contribution in [0.2, 0.25) is 0 Å². The van der Waals surface area contributed by atoms with Gasteiger partial charge in [-0.15, -0.1) is 0 Å². The van der Waals surface area contributed by atoms with Crippen LogP contribution < -0.4 is 0 Å². The average Bonchev–Trinajstić information content (AvgIpc) is 2.56. The number of rotatable bonds is 4. The van der Waals surface area contributed by atoms with Gasteiger partial charge in [-0.1, -0.05) is 13.8 Å². The smallest absolute Gasteiger partial charge is 0.152 e. The van der Waals surface area contributed by atoms with Crippen LogP contribution in [0, 0.1) is 5.92 Å². The highest BCUT2D eigenvalue weighted by Gasteiger charge is 2.46. The highest BCUT2D eigenvalue weighted by atomic mass is 16.3. The largest absolute Gasteiger partial charge is 0.393 e. The quantitative estimate of drug-likeness (QED) is 0.733. The van der Waals surface area contributed by atoms with Gasteiger partial charge in [0, 0.05) is 24.9 Å². The second kappa shape index (κ2) is 4.82. The Kier molecular flexibility index (Phi) is 4.10. The first-order chi connectivity index (χ1) is 7.30. The highest BCUT2D eigenvalue weighted by molar-refractivity contribution is 5.86. The maximum atomic E-state index is 12.0. The minimum absolute atomic E-state index is 0.0349. The second-order valence-electron chi connectivity index (χ2n) is 5.43. The van der Waals surface area contributed by atoms with Gasteiger partial charge in [-0.05, 0) is 13.8 Å². The van der Waals surface area contributed by atoms with E-state index < -0.39 is 5.60 Å². The Bertz CT molecular complexity index is 265. The minimum Gasteiger partial charge on any atom is -0.393 e. The summed E-state index contributed by atoms with van der Waals surface area (Å²) in [5.74, 6) is 0.116. The Labute approximate surface area is 97.3 Å². The number of β-amino-alcohol motifs (C(OH)–C–C–N with tert-alkyl or cyclic N) is 1. The normalized spacial score (nSPS) is 31.6. The molecule has 16 heavy (non-hydrogen) atoms. The van der Waals surface area contributed by atoms with Gasteiger partial charge in [0.15, 0.2) is 5.78 Å². The molecule has 0 amide bonds. The Morgan fingerprint density at radius 2 is 2.00 bits per heavy atom. The molecule has 2 N–H and O–H groups in total. The van der Waals surface area contributed by atoms with E-state index >= 15 is 0 Å². The van der Waals surface area contributed by atoms with E-state index in [2.05, 4.69) is 0 Å². The van der Waals surface area contributed by atoms with Crippen molar-refractivity contribution >= 4 is 5.78 Å². The standard InChI is InChI=1S/C12H23NO3/c1-8(2)11(15)10-5-12(16,7-14)6-13(10)9(3)4/h8-10,14,16H,5-7H2,1-4H3. The van der Waals surface area contributed by atoms with E-state index in [1.54, 1.807) is 0 Å². The first kappa shape index (κ1) is 13.6. The van der Waals surface area contributed by atoms with Gasteiger partial charge in [0.2, 0.25) is 0 Å². The minimum atomic E-state index is -1.11. The van der Waals surface area contributed by atoms with Crippen LogP contribution in [0.4, 0.5) is 0 Å². The number of ketones is 1. The number of hydrogen-bond donors (Lipinski definition) is 2. The molecule has 0 radical (unpaired) electrons. The zero-order valence-electron chi connectivity index (χ0n) is 10.6. The molecule has 1 saturated heterocycles. The van der Waals surface area contributed by atoms with Crippen LogP contribution in [0.5, 0.6) is 0 Å². The average molecular weight is 229 g/mol. The van der Waals surface area contributed by atoms with Crippen LogP contribution in [0.25, 0.3) is 0 Å². The summed E-state index contributed by atoms with van der Waals surface area (Å²) in [6.07, 6.45) is 0.346. The topological polar surface area (TPSA) is 60.8 Å². The van der Waals surface area contributed by atoms with E-state index in [9.17, 15) is 15.0 Å². The summed E-state index contributed by atoms with van der Waals surface area (Å²) in [5.41, 5.74) is -1.11. The van der Waals surface area contributed by atoms with Crippen molar-refractivity contribution in [3.05, 3.63) is 0 Å². The molecule has 0 aromatic heterocycles. The Morgan fingerprint density at radius 3 is 2.38 bits per heavy atom. The van der Waals surface area contributed by atoms with Crippen LogP contribution in [-0.4, -0.2) is 51.7 Å². The lowest BCUT2D eigenvalue weighted by molar-refractivity contribution is -0.127. The molecule has 4 heteroatoms. The van der Waals surface area contributed by atoms with Crippen molar-refractivity contribution in [3.8, 4) is 0 Å². The molecular formula is C12H23NO3. The summed E-state index contributed by atoms with van der Waals surface area (Å²) in [5, 5.41) is 19.3. The lowest BCUT2D eigenvalue weighted by atomic mass is 9.94. The van der Waals surface area contributed by atoms with Crippen LogP contribution in [-0.2, 0) is 4.79 Å². The van der Waals surface area contributed by atoms with Crippen LogP contribution in [0.15, 0.2) is 0 Å². The van der Waals surface area contributed by atoms with E-state index in [-0.39, 0.29) is 30.4 Å². The second-order valence-corrected chi connectivity index (χ2v) is 5.43. The predicted molar refractivity (Wildman–Crippen MR) is 62.1 cm³/mol. The first-order valence-electron chi connectivity index (χ1n) is 5.93. The fraction of sp³-hybridized carbons (Fsp3) is 0.917. The lowest BCUT2D eigenvalue weighted by Gasteiger charge is -2.28. The van der Waals surface area contributed by atoms with E-state index in [0.717, 1.165) is 0 Å². The molecule has 0 bridgehead atoms. The molecule has 1 fully saturated rings. The highest BCUT2D eigenvalue weighted by Crippen LogP contribution is 2.30. The lowest BCUT2D eigenvalue weighted by Crippen LogP contribution is -2.43. The zero-order chi connectivity index (χ0) is 12.5. The molecule has 4 nitrogen and oxygen atoms in total. The maximum absolute atomic E-state index is 12.0. The molecule has 2 atom stereocenters. The van der Waals surface area contributed by atoms with E-state index in [0.29, 0.717) is 13.0 Å². The predicted octanol–water partition coefficient (Wildman–Crippen LogP) is 0.418. The van der Waals surface area contributed by atoms with Gasteiger partial charge in [-0.25, -0.2) is 0 Å². The van der Waals surface area contributed by atoms with Gasteiger partial charge in [0.25, 0.3) is 0 Å². The summed E-state index contributed by atoms with van der Waals surface area (Å²) in [4.78, 5) is 14.0. The molecule has 2 unspecified atom stereocenters. The summed E-state index contributed by atoms with van der Waals surface area (Å²) in [6, 6.07) is -0.0505. The molecular weight excluding hydrogens is 206 g/mol. The molecule has 0 aromatic carbocycles. The van der Waals surface area contributed by atoms with Crippen LogP contribution >= 0.6 is 0 Å². The molecule has 0 aliphatic carbocycles. The number of hydrogen-bond acceptors (Lipinski definition) is 4. The third-order valence-corrected chi connectivity index (χ3v) is 3.31. The van der Waals surface area contributed by atoms with E-state index in [4.69, 9.17) is 0 Å². The van der Waals surface area contributed by atoms with Crippen molar-refractivity contribution in [3.63, 3.8) is 0 Å². The Morgan fingerprint density at radius 1 is 1.44 bits per heavy atom. The van der Waals surface area contributed by atoms with Gasteiger partial charge in [-0.3, -0.25) is 9.69 Å². The first-order valence-corrected chi connectivity index (χ1v) is 5.93. The fourth-order valence-corrected chi connectivity index (χ4v) is 2.30. The van der Waals surface area contributed by atoms with Crippen molar-refractivity contribution in [2.24, 2.45) is 5.92 Å². The maximum Gasteiger partial charge on any atom is 0.152 e. The summed E-state index contributed by atoms with van der Waals surface area (Å²) in [7, 11) is 0. The van der Waals surface area contributed by atoms with Gasteiger partial charge < -0.3 is 10.2 Å². The SMILES string of the molecule is CC(C)C(=O)C1CC(O)(CO)CN1C(C)C. The summed E-state index contributed by atoms with van der Waals surface area (Å²) < 4.78 is 0. The number of aliphatic hydroxyl groups excluding tert-OH is 1. The van der Waals surface area contributed by atoms with Crippen molar-refractivity contribution in [2.45, 2.75) is 51.8 Å². The Balaban J connectivity index is 2.86. The summed E-state index contributed by atoms with van der Waals surface area (Å²) in [6.45, 7) is 7.85. The van der Waals surface area contributed by atoms with Crippen molar-refractivity contribution in [1.82, 2.24) is 4.90 Å². The number of Topliss-reactive ketones (excluding diaryl/α,β-unsaturated/α-hetero) is 1. The molecule has 1 heterocycles. The summed E-state index contributed by atoms with van der Waals surface area (Å²) >= 11 is 0. The number of likely N-dealkylation sites (tertiary alicyclic amines) is 1.